The van der Waals surface area contributed by atoms with Crippen molar-refractivity contribution < 1.29 is 9.53 Å². The molecule has 2 aromatic rings. The minimum Gasteiger partial charge on any atom is -0.474 e. The number of rotatable bonds is 4. The second kappa shape index (κ2) is 5.53. The average molecular weight is 270 g/mol. The Morgan fingerprint density at radius 2 is 2.30 bits per heavy atom. The quantitative estimate of drug-likeness (QED) is 0.679. The molecule has 0 fully saturated rings. The maximum atomic E-state index is 11.3. The summed E-state index contributed by atoms with van der Waals surface area (Å²) in [5.74, 6) is 0.118. The molecule has 2 heterocycles. The van der Waals surface area contributed by atoms with Crippen molar-refractivity contribution in [3.05, 3.63) is 23.5 Å². The van der Waals surface area contributed by atoms with Gasteiger partial charge in [-0.1, -0.05) is 0 Å². The van der Waals surface area contributed by atoms with Gasteiger partial charge in [-0.2, -0.15) is 5.26 Å². The second-order valence-corrected chi connectivity index (χ2v) is 4.54. The summed E-state index contributed by atoms with van der Waals surface area (Å²) < 4.78 is 5.49. The van der Waals surface area contributed by atoms with Gasteiger partial charge in [0.15, 0.2) is 11.4 Å². The summed E-state index contributed by atoms with van der Waals surface area (Å²) >= 11 is 0. The molecule has 0 saturated carbocycles. The highest BCUT2D eigenvalue weighted by molar-refractivity contribution is 6.03. The molecule has 0 unspecified atom stereocenters. The van der Waals surface area contributed by atoms with E-state index in [2.05, 4.69) is 15.0 Å². The van der Waals surface area contributed by atoms with Crippen molar-refractivity contribution in [1.29, 1.82) is 5.26 Å². The number of Topliss-reactive ketones (excluding diaryl/α,β-unsaturated/α-hetero) is 1. The Morgan fingerprint density at radius 1 is 1.55 bits per heavy atom. The number of ketones is 1. The number of nitriles is 1. The number of carbonyl (C=O) groups is 1. The summed E-state index contributed by atoms with van der Waals surface area (Å²) in [6.45, 7) is 5.14. The molecular weight excluding hydrogens is 256 g/mol. The van der Waals surface area contributed by atoms with E-state index in [1.54, 1.807) is 6.20 Å². The molecule has 0 aliphatic rings. The molecule has 0 aliphatic heterocycles. The van der Waals surface area contributed by atoms with Crippen LogP contribution >= 0.6 is 0 Å². The Kier molecular flexibility index (Phi) is 3.80. The highest BCUT2D eigenvalue weighted by Gasteiger charge is 2.10. The van der Waals surface area contributed by atoms with Gasteiger partial charge in [0.25, 0.3) is 0 Å². The van der Waals surface area contributed by atoms with E-state index in [0.29, 0.717) is 22.6 Å². The van der Waals surface area contributed by atoms with Crippen LogP contribution < -0.4 is 4.74 Å². The highest BCUT2D eigenvalue weighted by Crippen LogP contribution is 2.20. The van der Waals surface area contributed by atoms with Crippen molar-refractivity contribution >= 4 is 23.0 Å². The van der Waals surface area contributed by atoms with Gasteiger partial charge in [0.1, 0.15) is 11.6 Å². The molecule has 0 amide bonds. The van der Waals surface area contributed by atoms with Crippen molar-refractivity contribution in [1.82, 2.24) is 15.0 Å². The number of allylic oxidation sites excluding steroid dienone is 1. The smallest absolute Gasteiger partial charge is 0.233 e. The first-order valence-corrected chi connectivity index (χ1v) is 6.14. The van der Waals surface area contributed by atoms with Crippen LogP contribution in [0.4, 0.5) is 0 Å². The fraction of sp³-hybridized carbons (Fsp3) is 0.286. The predicted molar refractivity (Wildman–Crippen MR) is 73.9 cm³/mol. The van der Waals surface area contributed by atoms with Gasteiger partial charge < -0.3 is 9.72 Å². The van der Waals surface area contributed by atoms with Gasteiger partial charge in [-0.05, 0) is 26.8 Å². The molecule has 0 spiro atoms. The van der Waals surface area contributed by atoms with Crippen LogP contribution in [0.1, 0.15) is 26.3 Å². The molecule has 0 bridgehead atoms. The maximum Gasteiger partial charge on any atom is 0.233 e. The summed E-state index contributed by atoms with van der Waals surface area (Å²) in [5, 5.41) is 8.93. The highest BCUT2D eigenvalue weighted by atomic mass is 16.5. The lowest BCUT2D eigenvalue weighted by Gasteiger charge is -2.07. The lowest BCUT2D eigenvalue weighted by Crippen LogP contribution is -2.07. The zero-order valence-corrected chi connectivity index (χ0v) is 11.5. The maximum absolute atomic E-state index is 11.3. The van der Waals surface area contributed by atoms with E-state index in [4.69, 9.17) is 10.00 Å². The second-order valence-electron chi connectivity index (χ2n) is 4.54. The number of H-pyrrole nitrogens is 1. The molecule has 0 aromatic carbocycles. The number of hydrogen-bond donors (Lipinski definition) is 1. The Morgan fingerprint density at radius 3 is 2.90 bits per heavy atom. The summed E-state index contributed by atoms with van der Waals surface area (Å²) in [5.41, 5.74) is 1.85. The number of nitrogens with one attached hydrogen (secondary N) is 1. The molecule has 1 N–H and O–H groups in total. The molecule has 2 rings (SSSR count). The molecule has 6 nitrogen and oxygen atoms in total. The first-order chi connectivity index (χ1) is 9.51. The number of aromatic amines is 1. The minimum atomic E-state index is -0.288. The third kappa shape index (κ3) is 2.83. The largest absolute Gasteiger partial charge is 0.474 e. The van der Waals surface area contributed by atoms with Gasteiger partial charge in [-0.25, -0.2) is 9.97 Å². The number of nitrogens with zero attached hydrogens (tertiary/aromatic N) is 3. The van der Waals surface area contributed by atoms with Crippen LogP contribution in [-0.4, -0.2) is 26.8 Å². The van der Waals surface area contributed by atoms with Crippen LogP contribution in [0.25, 0.3) is 17.2 Å². The topological polar surface area (TPSA) is 91.7 Å². The van der Waals surface area contributed by atoms with Crippen molar-refractivity contribution in [2.75, 3.05) is 0 Å². The van der Waals surface area contributed by atoms with Gasteiger partial charge >= 0.3 is 0 Å². The Labute approximate surface area is 116 Å². The monoisotopic (exact) mass is 270 g/mol. The van der Waals surface area contributed by atoms with E-state index in [0.717, 1.165) is 0 Å². The van der Waals surface area contributed by atoms with Crippen LogP contribution in [-0.2, 0) is 4.79 Å². The fourth-order valence-corrected chi connectivity index (χ4v) is 1.67. The molecule has 102 valence electrons. The average Bonchev–Trinajstić information content (AvgIpc) is 2.77. The first kappa shape index (κ1) is 13.7. The zero-order valence-electron chi connectivity index (χ0n) is 11.5. The molecule has 0 radical (unpaired) electrons. The van der Waals surface area contributed by atoms with Crippen LogP contribution in [0.5, 0.6) is 5.88 Å². The Hall–Kier alpha value is -2.68. The fourth-order valence-electron chi connectivity index (χ4n) is 1.67. The van der Waals surface area contributed by atoms with Gasteiger partial charge in [0, 0.05) is 11.8 Å². The summed E-state index contributed by atoms with van der Waals surface area (Å²) in [7, 11) is 0. The van der Waals surface area contributed by atoms with E-state index in [1.807, 2.05) is 19.9 Å². The molecule has 0 atom stereocenters. The van der Waals surface area contributed by atoms with Crippen molar-refractivity contribution in [3.63, 3.8) is 0 Å². The van der Waals surface area contributed by atoms with E-state index in [-0.39, 0.29) is 17.5 Å². The molecule has 2 aromatic heterocycles. The van der Waals surface area contributed by atoms with Gasteiger partial charge in [0.2, 0.25) is 5.88 Å². The standard InChI is InChI=1S/C14H14N4O2/c1-8(2)20-12-7-17-14-13(18-12)11(6-16-14)4-10(5-15)9(3)19/h4,6-8H,1-3H3,(H,16,17). The molecule has 0 saturated heterocycles. The van der Waals surface area contributed by atoms with Crippen LogP contribution in [0.2, 0.25) is 0 Å². The van der Waals surface area contributed by atoms with E-state index >= 15 is 0 Å². The lowest BCUT2D eigenvalue weighted by atomic mass is 10.1. The predicted octanol–water partition coefficient (Wildman–Crippen LogP) is 2.24. The van der Waals surface area contributed by atoms with Gasteiger partial charge in [-0.15, -0.1) is 0 Å². The zero-order chi connectivity index (χ0) is 14.7. The third-order valence-corrected chi connectivity index (χ3v) is 2.54. The molecule has 0 aliphatic carbocycles. The van der Waals surface area contributed by atoms with Gasteiger partial charge in [0.05, 0.1) is 17.9 Å². The molecule has 20 heavy (non-hydrogen) atoms. The number of ether oxygens (including phenoxy) is 1. The van der Waals surface area contributed by atoms with Crippen LogP contribution in [0.15, 0.2) is 18.0 Å². The lowest BCUT2D eigenvalue weighted by molar-refractivity contribution is -0.113. The molecule has 6 heteroatoms. The van der Waals surface area contributed by atoms with Crippen molar-refractivity contribution in [3.8, 4) is 11.9 Å². The molecular formula is C14H14N4O2. The van der Waals surface area contributed by atoms with E-state index < -0.39 is 0 Å². The van der Waals surface area contributed by atoms with Crippen molar-refractivity contribution in [2.45, 2.75) is 26.9 Å². The number of aromatic nitrogens is 3. The number of hydrogen-bond acceptors (Lipinski definition) is 5. The first-order valence-electron chi connectivity index (χ1n) is 6.14. The van der Waals surface area contributed by atoms with Crippen LogP contribution in [0.3, 0.4) is 0 Å². The van der Waals surface area contributed by atoms with Crippen LogP contribution in [0, 0.1) is 11.3 Å². The van der Waals surface area contributed by atoms with Gasteiger partial charge in [-0.3, -0.25) is 4.79 Å². The Bertz CT molecular complexity index is 722. The normalized spacial score (nSPS) is 11.7. The summed E-state index contributed by atoms with van der Waals surface area (Å²) in [6.07, 6.45) is 4.67. The third-order valence-electron chi connectivity index (χ3n) is 2.54. The number of fused-ring (bicyclic) bond motifs is 1. The summed E-state index contributed by atoms with van der Waals surface area (Å²) in [4.78, 5) is 22.8. The number of carbonyl (C=O) groups excluding carboxylic acids is 1. The SMILES string of the molecule is CC(=O)C(C#N)=Cc1c[nH]c2ncc(OC(C)C)nc12. The summed E-state index contributed by atoms with van der Waals surface area (Å²) in [6, 6.07) is 1.87. The minimum absolute atomic E-state index is 0.00780. The van der Waals surface area contributed by atoms with E-state index in [9.17, 15) is 4.79 Å². The Balaban J connectivity index is 2.50. The van der Waals surface area contributed by atoms with Crippen molar-refractivity contribution in [2.24, 2.45) is 0 Å². The van der Waals surface area contributed by atoms with E-state index in [1.165, 1.54) is 19.2 Å².